The fourth-order valence-corrected chi connectivity index (χ4v) is 2.56. The first kappa shape index (κ1) is 13.2. The number of rotatable bonds is 6. The van der Waals surface area contributed by atoms with Gasteiger partial charge in [0.1, 0.15) is 10.8 Å². The molecule has 2 heterocycles. The Morgan fingerprint density at radius 1 is 1.44 bits per heavy atom. The molecule has 0 aliphatic carbocycles. The lowest BCUT2D eigenvalue weighted by Gasteiger charge is -2.11. The number of nitrogens with zero attached hydrogens (tertiary/aromatic N) is 3. The number of anilines is 1. The van der Waals surface area contributed by atoms with Crippen LogP contribution in [0.5, 0.6) is 0 Å². The molecule has 1 unspecified atom stereocenters. The van der Waals surface area contributed by atoms with E-state index < -0.39 is 0 Å². The molecule has 98 valence electrons. The van der Waals surface area contributed by atoms with Crippen LogP contribution in [0.2, 0.25) is 0 Å². The van der Waals surface area contributed by atoms with Gasteiger partial charge in [0.15, 0.2) is 5.65 Å². The van der Waals surface area contributed by atoms with Gasteiger partial charge in [0.2, 0.25) is 0 Å². The van der Waals surface area contributed by atoms with Gasteiger partial charge in [-0.3, -0.25) is 0 Å². The number of aromatic nitrogens is 3. The highest BCUT2D eigenvalue weighted by Gasteiger charge is 2.11. The topological polar surface area (TPSA) is 42.2 Å². The van der Waals surface area contributed by atoms with Crippen LogP contribution >= 0.6 is 11.8 Å². The van der Waals surface area contributed by atoms with E-state index in [2.05, 4.69) is 36.1 Å². The number of thioether (sulfide) groups is 1. The molecule has 0 saturated carbocycles. The molecule has 2 rings (SSSR count). The van der Waals surface area contributed by atoms with Crippen LogP contribution in [0, 0.1) is 0 Å². The summed E-state index contributed by atoms with van der Waals surface area (Å²) in [5.74, 6) is 0.924. The molecule has 0 radical (unpaired) electrons. The summed E-state index contributed by atoms with van der Waals surface area (Å²) in [7, 11) is 0. The second-order valence-corrected chi connectivity index (χ2v) is 5.78. The normalized spacial score (nSPS) is 12.8. The summed E-state index contributed by atoms with van der Waals surface area (Å²) in [5.41, 5.74) is 0.947. The van der Waals surface area contributed by atoms with Crippen molar-refractivity contribution in [1.82, 2.24) is 14.4 Å². The van der Waals surface area contributed by atoms with Gasteiger partial charge in [-0.25, -0.2) is 9.97 Å². The minimum absolute atomic E-state index is 0.555. The van der Waals surface area contributed by atoms with E-state index in [0.717, 1.165) is 35.9 Å². The van der Waals surface area contributed by atoms with Crippen LogP contribution in [0.4, 0.5) is 5.82 Å². The maximum atomic E-state index is 4.67. The lowest BCUT2D eigenvalue weighted by Crippen LogP contribution is -2.05. The Morgan fingerprint density at radius 2 is 2.28 bits per heavy atom. The second-order valence-electron chi connectivity index (χ2n) is 4.35. The number of imidazole rings is 1. The van der Waals surface area contributed by atoms with Crippen LogP contribution in [-0.4, -0.2) is 26.2 Å². The van der Waals surface area contributed by atoms with Crippen molar-refractivity contribution in [2.24, 2.45) is 0 Å². The summed E-state index contributed by atoms with van der Waals surface area (Å²) in [5, 5.41) is 4.90. The Morgan fingerprint density at radius 3 is 3.00 bits per heavy atom. The van der Waals surface area contributed by atoms with E-state index in [4.69, 9.17) is 0 Å². The number of hydrogen-bond acceptors (Lipinski definition) is 4. The minimum Gasteiger partial charge on any atom is -0.369 e. The molecule has 0 bridgehead atoms. The SMILES string of the molecule is CCCNc1cn2ccnc2c(SC(C)CC)n1. The monoisotopic (exact) mass is 264 g/mol. The molecule has 5 heteroatoms. The fourth-order valence-electron chi connectivity index (χ4n) is 1.59. The van der Waals surface area contributed by atoms with E-state index in [0.29, 0.717) is 5.25 Å². The Labute approximate surface area is 112 Å². The van der Waals surface area contributed by atoms with Crippen molar-refractivity contribution in [1.29, 1.82) is 0 Å². The largest absolute Gasteiger partial charge is 0.369 e. The highest BCUT2D eigenvalue weighted by atomic mass is 32.2. The highest BCUT2D eigenvalue weighted by Crippen LogP contribution is 2.27. The molecule has 1 atom stereocenters. The number of fused-ring (bicyclic) bond motifs is 1. The third-order valence-electron chi connectivity index (χ3n) is 2.79. The summed E-state index contributed by atoms with van der Waals surface area (Å²) in [6.07, 6.45) is 8.01. The molecule has 0 fully saturated rings. The van der Waals surface area contributed by atoms with Crippen molar-refractivity contribution < 1.29 is 0 Å². The lowest BCUT2D eigenvalue weighted by molar-refractivity contribution is 0.896. The van der Waals surface area contributed by atoms with Crippen molar-refractivity contribution in [2.45, 2.75) is 43.9 Å². The first-order chi connectivity index (χ1) is 8.74. The number of nitrogens with one attached hydrogen (secondary N) is 1. The molecule has 4 nitrogen and oxygen atoms in total. The van der Waals surface area contributed by atoms with Gasteiger partial charge in [0.05, 0.1) is 6.20 Å². The summed E-state index contributed by atoms with van der Waals surface area (Å²) >= 11 is 1.79. The smallest absolute Gasteiger partial charge is 0.169 e. The molecule has 2 aromatic heterocycles. The van der Waals surface area contributed by atoms with E-state index in [1.807, 2.05) is 23.0 Å². The van der Waals surface area contributed by atoms with Crippen molar-refractivity contribution in [2.75, 3.05) is 11.9 Å². The van der Waals surface area contributed by atoms with E-state index in [1.54, 1.807) is 11.8 Å². The van der Waals surface area contributed by atoms with Gasteiger partial charge in [-0.15, -0.1) is 0 Å². The lowest BCUT2D eigenvalue weighted by atomic mass is 10.4. The highest BCUT2D eigenvalue weighted by molar-refractivity contribution is 8.00. The fraction of sp³-hybridized carbons (Fsp3) is 0.538. The summed E-state index contributed by atoms with van der Waals surface area (Å²) < 4.78 is 2.04. The molecule has 0 saturated heterocycles. The second kappa shape index (κ2) is 6.09. The Balaban J connectivity index is 2.32. The molecular weight excluding hydrogens is 244 g/mol. The number of hydrogen-bond donors (Lipinski definition) is 1. The summed E-state index contributed by atoms with van der Waals surface area (Å²) in [6.45, 7) is 7.51. The first-order valence-corrected chi connectivity index (χ1v) is 7.36. The van der Waals surface area contributed by atoms with Crippen molar-refractivity contribution in [3.05, 3.63) is 18.6 Å². The molecule has 2 aromatic rings. The van der Waals surface area contributed by atoms with Crippen molar-refractivity contribution in [3.8, 4) is 0 Å². The molecule has 0 aliphatic heterocycles. The third kappa shape index (κ3) is 2.96. The quantitative estimate of drug-likeness (QED) is 0.812. The van der Waals surface area contributed by atoms with E-state index >= 15 is 0 Å². The van der Waals surface area contributed by atoms with Crippen LogP contribution in [-0.2, 0) is 0 Å². The van der Waals surface area contributed by atoms with Gasteiger partial charge in [-0.05, 0) is 12.8 Å². The van der Waals surface area contributed by atoms with Crippen LogP contribution in [0.3, 0.4) is 0 Å². The van der Waals surface area contributed by atoms with Crippen LogP contribution < -0.4 is 5.32 Å². The molecule has 18 heavy (non-hydrogen) atoms. The molecule has 0 aromatic carbocycles. The van der Waals surface area contributed by atoms with Crippen LogP contribution in [0.15, 0.2) is 23.6 Å². The molecule has 0 aliphatic rings. The predicted molar refractivity (Wildman–Crippen MR) is 77.4 cm³/mol. The van der Waals surface area contributed by atoms with Crippen molar-refractivity contribution in [3.63, 3.8) is 0 Å². The average Bonchev–Trinajstić information content (AvgIpc) is 2.84. The zero-order valence-corrected chi connectivity index (χ0v) is 12.0. The molecule has 0 amide bonds. The Kier molecular flexibility index (Phi) is 4.47. The van der Waals surface area contributed by atoms with Crippen LogP contribution in [0.1, 0.15) is 33.6 Å². The zero-order chi connectivity index (χ0) is 13.0. The summed E-state index contributed by atoms with van der Waals surface area (Å²) in [4.78, 5) is 9.05. The van der Waals surface area contributed by atoms with E-state index in [-0.39, 0.29) is 0 Å². The Bertz CT molecular complexity index is 509. The average molecular weight is 264 g/mol. The van der Waals surface area contributed by atoms with Gasteiger partial charge >= 0.3 is 0 Å². The zero-order valence-electron chi connectivity index (χ0n) is 11.2. The predicted octanol–water partition coefficient (Wildman–Crippen LogP) is 3.44. The van der Waals surface area contributed by atoms with Gasteiger partial charge in [0.25, 0.3) is 0 Å². The maximum absolute atomic E-state index is 4.67. The first-order valence-electron chi connectivity index (χ1n) is 6.48. The molecule has 0 spiro atoms. The van der Waals surface area contributed by atoms with Crippen LogP contribution in [0.25, 0.3) is 5.65 Å². The van der Waals surface area contributed by atoms with E-state index in [9.17, 15) is 0 Å². The summed E-state index contributed by atoms with van der Waals surface area (Å²) in [6, 6.07) is 0. The van der Waals surface area contributed by atoms with Crippen molar-refractivity contribution >= 4 is 23.2 Å². The van der Waals surface area contributed by atoms with Gasteiger partial charge < -0.3 is 9.72 Å². The van der Waals surface area contributed by atoms with Gasteiger partial charge in [-0.2, -0.15) is 0 Å². The standard InChI is InChI=1S/C13H20N4S/c1-4-6-14-11-9-17-8-7-15-12(17)13(16-11)18-10(3)5-2/h7-10,14H,4-6H2,1-3H3. The van der Waals surface area contributed by atoms with Gasteiger partial charge in [-0.1, -0.05) is 32.5 Å². The molecule has 1 N–H and O–H groups in total. The van der Waals surface area contributed by atoms with Gasteiger partial charge in [0, 0.05) is 24.2 Å². The molecular formula is C13H20N4S. The van der Waals surface area contributed by atoms with E-state index in [1.165, 1.54) is 0 Å². The minimum atomic E-state index is 0.555. The third-order valence-corrected chi connectivity index (χ3v) is 4.02. The maximum Gasteiger partial charge on any atom is 0.169 e. The Hall–Kier alpha value is -1.23.